The molecule has 0 spiro atoms. The summed E-state index contributed by atoms with van der Waals surface area (Å²) in [6.07, 6.45) is 0. The summed E-state index contributed by atoms with van der Waals surface area (Å²) in [4.78, 5) is 0. The van der Waals surface area contributed by atoms with Gasteiger partial charge in [-0.1, -0.05) is 24.3 Å². The summed E-state index contributed by atoms with van der Waals surface area (Å²) in [6, 6.07) is 12.9. The molecular weight excluding hydrogens is 260 g/mol. The second-order valence-corrected chi connectivity index (χ2v) is 4.47. The summed E-state index contributed by atoms with van der Waals surface area (Å²) in [5, 5.41) is 3.05. The van der Waals surface area contributed by atoms with Crippen molar-refractivity contribution in [3.05, 3.63) is 65.7 Å². The number of halogens is 2. The topological polar surface area (TPSA) is 21.3 Å². The highest BCUT2D eigenvalue weighted by molar-refractivity contribution is 5.23. The Kier molecular flexibility index (Phi) is 5.07. The van der Waals surface area contributed by atoms with Gasteiger partial charge >= 0.3 is 0 Å². The maximum Gasteiger partial charge on any atom is 0.130 e. The van der Waals surface area contributed by atoms with Crippen molar-refractivity contribution in [3.63, 3.8) is 0 Å². The molecule has 0 saturated carbocycles. The normalized spacial score (nSPS) is 12.2. The van der Waals surface area contributed by atoms with E-state index in [1.165, 1.54) is 18.2 Å². The molecule has 0 heterocycles. The maximum absolute atomic E-state index is 13.6. The Morgan fingerprint density at radius 1 is 1.00 bits per heavy atom. The van der Waals surface area contributed by atoms with Crippen LogP contribution in [0.25, 0.3) is 0 Å². The Bertz CT molecular complexity index is 525. The summed E-state index contributed by atoms with van der Waals surface area (Å²) < 4.78 is 32.6. The van der Waals surface area contributed by atoms with E-state index >= 15 is 0 Å². The third-order valence-corrected chi connectivity index (χ3v) is 3.00. The first kappa shape index (κ1) is 14.5. The van der Waals surface area contributed by atoms with Crippen LogP contribution in [0.3, 0.4) is 0 Å². The minimum Gasteiger partial charge on any atom is -0.492 e. The molecule has 0 aromatic heterocycles. The predicted octanol–water partition coefficient (Wildman–Crippen LogP) is 3.69. The monoisotopic (exact) mass is 277 g/mol. The fraction of sp³-hybridized carbons (Fsp3) is 0.250. The van der Waals surface area contributed by atoms with Crippen LogP contribution >= 0.6 is 0 Å². The van der Waals surface area contributed by atoms with Crippen molar-refractivity contribution < 1.29 is 13.5 Å². The van der Waals surface area contributed by atoms with Crippen molar-refractivity contribution in [2.24, 2.45) is 0 Å². The molecule has 0 radical (unpaired) electrons. The number of hydrogen-bond donors (Lipinski definition) is 1. The van der Waals surface area contributed by atoms with Crippen molar-refractivity contribution in [2.45, 2.75) is 13.0 Å². The molecule has 2 aromatic carbocycles. The van der Waals surface area contributed by atoms with Crippen LogP contribution in [0.15, 0.2) is 48.5 Å². The van der Waals surface area contributed by atoms with Crippen molar-refractivity contribution in [1.29, 1.82) is 0 Å². The van der Waals surface area contributed by atoms with Crippen molar-refractivity contribution >= 4 is 0 Å². The van der Waals surface area contributed by atoms with Gasteiger partial charge in [0.25, 0.3) is 0 Å². The van der Waals surface area contributed by atoms with Crippen LogP contribution in [0.2, 0.25) is 0 Å². The molecule has 0 aliphatic rings. The number of para-hydroxylation sites is 1. The zero-order chi connectivity index (χ0) is 14.4. The quantitative estimate of drug-likeness (QED) is 0.813. The first-order valence-corrected chi connectivity index (χ1v) is 6.53. The zero-order valence-corrected chi connectivity index (χ0v) is 11.3. The molecule has 1 unspecified atom stereocenters. The molecule has 1 atom stereocenters. The van der Waals surface area contributed by atoms with Gasteiger partial charge in [0.1, 0.15) is 24.0 Å². The molecule has 0 amide bonds. The van der Waals surface area contributed by atoms with E-state index in [0.29, 0.717) is 13.2 Å². The van der Waals surface area contributed by atoms with E-state index in [9.17, 15) is 8.78 Å². The second kappa shape index (κ2) is 7.01. The van der Waals surface area contributed by atoms with Gasteiger partial charge in [0.05, 0.1) is 0 Å². The first-order valence-electron chi connectivity index (χ1n) is 6.53. The van der Waals surface area contributed by atoms with Crippen LogP contribution in [-0.4, -0.2) is 13.2 Å². The molecule has 2 aromatic rings. The van der Waals surface area contributed by atoms with E-state index in [1.807, 2.05) is 30.3 Å². The first-order chi connectivity index (χ1) is 9.68. The van der Waals surface area contributed by atoms with Gasteiger partial charge in [-0.3, -0.25) is 0 Å². The van der Waals surface area contributed by atoms with Crippen LogP contribution in [0.1, 0.15) is 18.5 Å². The molecule has 1 N–H and O–H groups in total. The molecule has 106 valence electrons. The number of nitrogens with one attached hydrogen (secondary N) is 1. The third-order valence-electron chi connectivity index (χ3n) is 3.00. The third kappa shape index (κ3) is 3.78. The lowest BCUT2D eigenvalue weighted by atomic mass is 10.1. The molecule has 0 aliphatic carbocycles. The van der Waals surface area contributed by atoms with E-state index in [1.54, 1.807) is 6.92 Å². The Balaban J connectivity index is 1.82. The van der Waals surface area contributed by atoms with Gasteiger partial charge in [-0.15, -0.1) is 0 Å². The van der Waals surface area contributed by atoms with Crippen LogP contribution in [-0.2, 0) is 0 Å². The van der Waals surface area contributed by atoms with E-state index in [4.69, 9.17) is 4.74 Å². The summed E-state index contributed by atoms with van der Waals surface area (Å²) in [5.74, 6) is -0.290. The number of benzene rings is 2. The van der Waals surface area contributed by atoms with Gasteiger partial charge in [-0.2, -0.15) is 0 Å². The van der Waals surface area contributed by atoms with Gasteiger partial charge in [0.15, 0.2) is 0 Å². The van der Waals surface area contributed by atoms with E-state index in [0.717, 1.165) is 5.75 Å². The van der Waals surface area contributed by atoms with Gasteiger partial charge in [-0.05, 0) is 31.2 Å². The Hall–Kier alpha value is -1.94. The summed E-state index contributed by atoms with van der Waals surface area (Å²) >= 11 is 0. The molecule has 0 aliphatic heterocycles. The summed E-state index contributed by atoms with van der Waals surface area (Å²) in [6.45, 7) is 2.66. The van der Waals surface area contributed by atoms with Gasteiger partial charge in [0.2, 0.25) is 0 Å². The van der Waals surface area contributed by atoms with E-state index in [2.05, 4.69) is 5.32 Å². The second-order valence-electron chi connectivity index (χ2n) is 4.47. The molecule has 0 saturated heterocycles. The largest absolute Gasteiger partial charge is 0.492 e. The number of rotatable bonds is 6. The van der Waals surface area contributed by atoms with Crippen molar-refractivity contribution in [3.8, 4) is 5.75 Å². The average Bonchev–Trinajstić information content (AvgIpc) is 2.44. The Morgan fingerprint density at radius 3 is 2.30 bits per heavy atom. The molecular formula is C16H17F2NO. The van der Waals surface area contributed by atoms with Crippen LogP contribution in [0.4, 0.5) is 8.78 Å². The van der Waals surface area contributed by atoms with Crippen molar-refractivity contribution in [1.82, 2.24) is 5.32 Å². The lowest BCUT2D eigenvalue weighted by Gasteiger charge is -2.16. The number of ether oxygens (including phenoxy) is 1. The van der Waals surface area contributed by atoms with E-state index < -0.39 is 17.7 Å². The fourth-order valence-electron chi connectivity index (χ4n) is 1.99. The van der Waals surface area contributed by atoms with Crippen molar-refractivity contribution in [2.75, 3.05) is 13.2 Å². The summed E-state index contributed by atoms with van der Waals surface area (Å²) in [5.41, 5.74) is 0.0622. The highest BCUT2D eigenvalue weighted by Crippen LogP contribution is 2.19. The Labute approximate surface area is 117 Å². The average molecular weight is 277 g/mol. The predicted molar refractivity (Wildman–Crippen MR) is 74.7 cm³/mol. The summed E-state index contributed by atoms with van der Waals surface area (Å²) in [7, 11) is 0. The minimum atomic E-state index is -0.533. The highest BCUT2D eigenvalue weighted by Gasteiger charge is 2.14. The maximum atomic E-state index is 13.6. The van der Waals surface area contributed by atoms with Gasteiger partial charge in [0, 0.05) is 18.2 Å². The lowest BCUT2D eigenvalue weighted by Crippen LogP contribution is -2.25. The zero-order valence-electron chi connectivity index (χ0n) is 11.3. The molecule has 20 heavy (non-hydrogen) atoms. The van der Waals surface area contributed by atoms with Crippen LogP contribution in [0, 0.1) is 11.6 Å². The number of hydrogen-bond acceptors (Lipinski definition) is 2. The molecule has 4 heteroatoms. The van der Waals surface area contributed by atoms with Gasteiger partial charge < -0.3 is 10.1 Å². The standard InChI is InChI=1S/C16H17F2NO/c1-12(16-14(17)8-5-9-15(16)18)19-10-11-20-13-6-3-2-4-7-13/h2-9,12,19H,10-11H2,1H3. The SMILES string of the molecule is CC(NCCOc1ccccc1)c1c(F)cccc1F. The molecule has 0 bridgehead atoms. The molecule has 0 fully saturated rings. The van der Waals surface area contributed by atoms with E-state index in [-0.39, 0.29) is 5.56 Å². The molecule has 2 rings (SSSR count). The fourth-order valence-corrected chi connectivity index (χ4v) is 1.99. The molecule has 2 nitrogen and oxygen atoms in total. The smallest absolute Gasteiger partial charge is 0.130 e. The van der Waals surface area contributed by atoms with Gasteiger partial charge in [-0.25, -0.2) is 8.78 Å². The minimum absolute atomic E-state index is 0.0622. The Morgan fingerprint density at radius 2 is 1.65 bits per heavy atom. The highest BCUT2D eigenvalue weighted by atomic mass is 19.1. The van der Waals surface area contributed by atoms with Crippen LogP contribution < -0.4 is 10.1 Å². The lowest BCUT2D eigenvalue weighted by molar-refractivity contribution is 0.305. The van der Waals surface area contributed by atoms with Crippen LogP contribution in [0.5, 0.6) is 5.75 Å².